The number of rotatable bonds is 7. The van der Waals surface area contributed by atoms with E-state index in [9.17, 15) is 18.0 Å². The first-order valence-corrected chi connectivity index (χ1v) is 11.2. The quantitative estimate of drug-likeness (QED) is 0.697. The Kier molecular flexibility index (Phi) is 7.60. The van der Waals surface area contributed by atoms with Crippen molar-refractivity contribution >= 4 is 21.9 Å². The smallest absolute Gasteiger partial charge is 0.309 e. The Morgan fingerprint density at radius 3 is 2.46 bits per heavy atom. The van der Waals surface area contributed by atoms with Crippen molar-refractivity contribution in [2.75, 3.05) is 26.2 Å². The molecule has 2 rings (SSSR count). The summed E-state index contributed by atoms with van der Waals surface area (Å²) in [5.41, 5.74) is 1.09. The molecule has 1 N–H and O–H groups in total. The third kappa shape index (κ3) is 5.32. The van der Waals surface area contributed by atoms with Crippen molar-refractivity contribution in [1.82, 2.24) is 9.62 Å². The molecule has 1 saturated heterocycles. The number of nitrogens with zero attached hydrogens (tertiary/aromatic N) is 1. The molecule has 0 unspecified atom stereocenters. The van der Waals surface area contributed by atoms with Gasteiger partial charge < -0.3 is 10.1 Å². The van der Waals surface area contributed by atoms with Gasteiger partial charge in [0.1, 0.15) is 0 Å². The summed E-state index contributed by atoms with van der Waals surface area (Å²) in [4.78, 5) is 24.4. The molecule has 0 bridgehead atoms. The monoisotopic (exact) mass is 410 g/mol. The van der Waals surface area contributed by atoms with Gasteiger partial charge in [0.05, 0.1) is 17.4 Å². The van der Waals surface area contributed by atoms with Gasteiger partial charge in [-0.1, -0.05) is 19.9 Å². The van der Waals surface area contributed by atoms with E-state index in [-0.39, 0.29) is 35.8 Å². The number of carbonyl (C=O) groups is 2. The van der Waals surface area contributed by atoms with Gasteiger partial charge in [0, 0.05) is 25.2 Å². The Bertz CT molecular complexity index is 812. The second-order valence-corrected chi connectivity index (χ2v) is 9.45. The Hall–Kier alpha value is -1.93. The minimum Gasteiger partial charge on any atom is -0.466 e. The van der Waals surface area contributed by atoms with Crippen LogP contribution in [0.15, 0.2) is 23.1 Å². The van der Waals surface area contributed by atoms with Crippen LogP contribution in [0.1, 0.15) is 49.5 Å². The van der Waals surface area contributed by atoms with Crippen LogP contribution in [0.5, 0.6) is 0 Å². The van der Waals surface area contributed by atoms with E-state index < -0.39 is 10.0 Å². The Balaban J connectivity index is 2.15. The van der Waals surface area contributed by atoms with Crippen LogP contribution in [0.2, 0.25) is 0 Å². The maximum atomic E-state index is 13.0. The summed E-state index contributed by atoms with van der Waals surface area (Å²) in [6, 6.07) is 4.63. The molecule has 0 saturated carbocycles. The van der Waals surface area contributed by atoms with Crippen molar-refractivity contribution in [2.45, 2.75) is 45.4 Å². The summed E-state index contributed by atoms with van der Waals surface area (Å²) in [5.74, 6) is -0.498. The lowest BCUT2D eigenvalue weighted by atomic mass is 9.98. The summed E-state index contributed by atoms with van der Waals surface area (Å²) < 4.78 is 32.4. The largest absolute Gasteiger partial charge is 0.466 e. The van der Waals surface area contributed by atoms with Crippen molar-refractivity contribution in [3.8, 4) is 0 Å². The molecule has 28 heavy (non-hydrogen) atoms. The molecule has 1 aliphatic rings. The summed E-state index contributed by atoms with van der Waals surface area (Å²) in [6.45, 7) is 8.89. The topological polar surface area (TPSA) is 92.8 Å². The van der Waals surface area contributed by atoms with E-state index in [4.69, 9.17) is 4.74 Å². The van der Waals surface area contributed by atoms with Gasteiger partial charge in [0.15, 0.2) is 0 Å². The number of hydrogen-bond acceptors (Lipinski definition) is 5. The second-order valence-electron chi connectivity index (χ2n) is 7.51. The molecule has 0 spiro atoms. The predicted octanol–water partition coefficient (Wildman–Crippen LogP) is 2.34. The first kappa shape index (κ1) is 22.4. The van der Waals surface area contributed by atoms with Crippen molar-refractivity contribution in [2.24, 2.45) is 11.8 Å². The number of amides is 1. The van der Waals surface area contributed by atoms with Crippen LogP contribution in [0.25, 0.3) is 0 Å². The van der Waals surface area contributed by atoms with Gasteiger partial charge in [-0.3, -0.25) is 9.59 Å². The predicted molar refractivity (Wildman–Crippen MR) is 106 cm³/mol. The van der Waals surface area contributed by atoms with E-state index >= 15 is 0 Å². The molecule has 0 atom stereocenters. The van der Waals surface area contributed by atoms with Gasteiger partial charge >= 0.3 is 5.97 Å². The number of piperidine rings is 1. The summed E-state index contributed by atoms with van der Waals surface area (Å²) >= 11 is 0. The Morgan fingerprint density at radius 1 is 1.25 bits per heavy atom. The van der Waals surface area contributed by atoms with Gasteiger partial charge in [-0.25, -0.2) is 8.42 Å². The van der Waals surface area contributed by atoms with Crippen LogP contribution in [0, 0.1) is 18.8 Å². The lowest BCUT2D eigenvalue weighted by Crippen LogP contribution is -2.40. The van der Waals surface area contributed by atoms with Gasteiger partial charge in [-0.05, 0) is 50.3 Å². The Labute approximate surface area is 167 Å². The standard InChI is InChI=1S/C20H30N2O5S/c1-5-27-20(24)16-8-10-22(11-9-16)28(25,26)17-7-6-15(4)18(12-17)19(23)21-13-14(2)3/h6-7,12,14,16H,5,8-11,13H2,1-4H3,(H,21,23). The molecule has 1 aliphatic heterocycles. The van der Waals surface area contributed by atoms with E-state index in [1.807, 2.05) is 13.8 Å². The first-order valence-electron chi connectivity index (χ1n) is 9.72. The lowest BCUT2D eigenvalue weighted by Gasteiger charge is -2.30. The number of nitrogens with one attached hydrogen (secondary N) is 1. The summed E-state index contributed by atoms with van der Waals surface area (Å²) in [5, 5.41) is 2.83. The van der Waals surface area contributed by atoms with E-state index in [0.717, 1.165) is 5.56 Å². The average Bonchev–Trinajstić information content (AvgIpc) is 2.66. The van der Waals surface area contributed by atoms with Crippen LogP contribution < -0.4 is 5.32 Å². The van der Waals surface area contributed by atoms with Gasteiger partial charge in [-0.2, -0.15) is 4.31 Å². The van der Waals surface area contributed by atoms with Crippen LogP contribution >= 0.6 is 0 Å². The fourth-order valence-corrected chi connectivity index (χ4v) is 4.64. The maximum absolute atomic E-state index is 13.0. The molecule has 0 radical (unpaired) electrons. The zero-order valence-electron chi connectivity index (χ0n) is 17.0. The third-order valence-electron chi connectivity index (χ3n) is 4.84. The average molecular weight is 411 g/mol. The normalized spacial score (nSPS) is 16.2. The van der Waals surface area contributed by atoms with Crippen molar-refractivity contribution < 1.29 is 22.7 Å². The van der Waals surface area contributed by atoms with Gasteiger partial charge in [0.25, 0.3) is 5.91 Å². The SMILES string of the molecule is CCOC(=O)C1CCN(S(=O)(=O)c2ccc(C)c(C(=O)NCC(C)C)c2)CC1. The molecule has 1 aromatic rings. The number of ether oxygens (including phenoxy) is 1. The maximum Gasteiger partial charge on any atom is 0.309 e. The van der Waals surface area contributed by atoms with Crippen molar-refractivity contribution in [3.05, 3.63) is 29.3 Å². The molecule has 1 heterocycles. The lowest BCUT2D eigenvalue weighted by molar-refractivity contribution is -0.149. The van der Waals surface area contributed by atoms with E-state index in [1.165, 1.54) is 16.4 Å². The minimum atomic E-state index is -3.73. The van der Waals surface area contributed by atoms with Crippen LogP contribution in [0.4, 0.5) is 0 Å². The number of sulfonamides is 1. The van der Waals surface area contributed by atoms with E-state index in [0.29, 0.717) is 37.5 Å². The highest BCUT2D eigenvalue weighted by atomic mass is 32.2. The minimum absolute atomic E-state index is 0.0994. The fraction of sp³-hybridized carbons (Fsp3) is 0.600. The van der Waals surface area contributed by atoms with Crippen LogP contribution in [-0.4, -0.2) is 50.8 Å². The fourth-order valence-electron chi connectivity index (χ4n) is 3.14. The van der Waals surface area contributed by atoms with Gasteiger partial charge in [0.2, 0.25) is 10.0 Å². The van der Waals surface area contributed by atoms with Crippen molar-refractivity contribution in [1.29, 1.82) is 0 Å². The number of hydrogen-bond donors (Lipinski definition) is 1. The highest BCUT2D eigenvalue weighted by molar-refractivity contribution is 7.89. The summed E-state index contributed by atoms with van der Waals surface area (Å²) in [7, 11) is -3.73. The molecular weight excluding hydrogens is 380 g/mol. The van der Waals surface area contributed by atoms with Gasteiger partial charge in [-0.15, -0.1) is 0 Å². The van der Waals surface area contributed by atoms with Crippen LogP contribution in [0.3, 0.4) is 0 Å². The molecule has 0 aliphatic carbocycles. The highest BCUT2D eigenvalue weighted by Gasteiger charge is 2.33. The number of benzene rings is 1. The molecule has 7 nitrogen and oxygen atoms in total. The van der Waals surface area contributed by atoms with Crippen molar-refractivity contribution in [3.63, 3.8) is 0 Å². The molecule has 8 heteroatoms. The van der Waals surface area contributed by atoms with E-state index in [2.05, 4.69) is 5.32 Å². The number of carbonyl (C=O) groups excluding carboxylic acids is 2. The number of esters is 1. The molecule has 1 aromatic carbocycles. The second kappa shape index (κ2) is 9.52. The zero-order chi connectivity index (χ0) is 20.9. The molecule has 0 aromatic heterocycles. The van der Waals surface area contributed by atoms with E-state index in [1.54, 1.807) is 19.9 Å². The number of aryl methyl sites for hydroxylation is 1. The molecule has 156 valence electrons. The first-order chi connectivity index (χ1) is 13.2. The third-order valence-corrected chi connectivity index (χ3v) is 6.73. The molecular formula is C20H30N2O5S. The molecule has 1 fully saturated rings. The molecule has 1 amide bonds. The zero-order valence-corrected chi connectivity index (χ0v) is 17.8. The Morgan fingerprint density at radius 2 is 1.89 bits per heavy atom. The van der Waals surface area contributed by atoms with Crippen LogP contribution in [-0.2, 0) is 19.6 Å². The highest BCUT2D eigenvalue weighted by Crippen LogP contribution is 2.26. The summed E-state index contributed by atoms with van der Waals surface area (Å²) in [6.07, 6.45) is 0.872.